The van der Waals surface area contributed by atoms with E-state index in [1.54, 1.807) is 11.1 Å². The molecule has 0 saturated carbocycles. The first-order valence-corrected chi connectivity index (χ1v) is 8.61. The summed E-state index contributed by atoms with van der Waals surface area (Å²) in [6.45, 7) is 3.92. The third kappa shape index (κ3) is 4.20. The fraction of sp³-hybridized carbons (Fsp3) is 0.500. The molecule has 0 unspecified atom stereocenters. The standard InChI is InChI=1S/C18H24N4O2/c1-2-6-14-11-17(21-20-14)18(23)22(13-16-8-5-10-24-16)12-15-7-3-4-9-19-15/h3-4,7,9,11,16H,2,5-6,8,10,12-13H2,1H3,(H,20,21)/t16-/m1/s1. The molecule has 6 heteroatoms. The maximum absolute atomic E-state index is 12.9. The van der Waals surface area contributed by atoms with Gasteiger partial charge in [-0.3, -0.25) is 14.9 Å². The normalized spacial score (nSPS) is 17.1. The molecule has 0 aliphatic carbocycles. The first-order valence-electron chi connectivity index (χ1n) is 8.61. The third-order valence-corrected chi connectivity index (χ3v) is 4.18. The molecule has 1 atom stereocenters. The Hall–Kier alpha value is -2.21. The highest BCUT2D eigenvalue weighted by Crippen LogP contribution is 2.17. The summed E-state index contributed by atoms with van der Waals surface area (Å²) in [4.78, 5) is 19.1. The zero-order valence-electron chi connectivity index (χ0n) is 14.1. The van der Waals surface area contributed by atoms with Gasteiger partial charge in [0.05, 0.1) is 18.3 Å². The van der Waals surface area contributed by atoms with Crippen LogP contribution in [0, 0.1) is 0 Å². The van der Waals surface area contributed by atoms with Crippen LogP contribution in [0.15, 0.2) is 30.5 Å². The van der Waals surface area contributed by atoms with E-state index in [9.17, 15) is 4.79 Å². The average molecular weight is 328 g/mol. The number of aromatic amines is 1. The molecule has 1 amide bonds. The molecule has 1 aliphatic rings. The van der Waals surface area contributed by atoms with Crippen LogP contribution in [0.2, 0.25) is 0 Å². The van der Waals surface area contributed by atoms with E-state index in [0.29, 0.717) is 18.8 Å². The molecule has 0 aromatic carbocycles. The number of hydrogen-bond acceptors (Lipinski definition) is 4. The van der Waals surface area contributed by atoms with Crippen molar-refractivity contribution in [3.8, 4) is 0 Å². The Morgan fingerprint density at radius 1 is 1.46 bits per heavy atom. The molecule has 1 fully saturated rings. The van der Waals surface area contributed by atoms with Crippen molar-refractivity contribution in [2.45, 2.75) is 45.3 Å². The van der Waals surface area contributed by atoms with Crippen LogP contribution in [0.3, 0.4) is 0 Å². The molecule has 2 aromatic heterocycles. The molecule has 1 aliphatic heterocycles. The van der Waals surface area contributed by atoms with E-state index in [4.69, 9.17) is 4.74 Å². The summed E-state index contributed by atoms with van der Waals surface area (Å²) < 4.78 is 5.71. The van der Waals surface area contributed by atoms with Gasteiger partial charge in [0.15, 0.2) is 0 Å². The lowest BCUT2D eigenvalue weighted by Crippen LogP contribution is -2.37. The quantitative estimate of drug-likeness (QED) is 0.848. The summed E-state index contributed by atoms with van der Waals surface area (Å²) >= 11 is 0. The Morgan fingerprint density at radius 3 is 3.08 bits per heavy atom. The molecule has 24 heavy (non-hydrogen) atoms. The summed E-state index contributed by atoms with van der Waals surface area (Å²) in [7, 11) is 0. The van der Waals surface area contributed by atoms with Gasteiger partial charge >= 0.3 is 0 Å². The second-order valence-corrected chi connectivity index (χ2v) is 6.17. The minimum Gasteiger partial charge on any atom is -0.376 e. The van der Waals surface area contributed by atoms with Gasteiger partial charge in [-0.15, -0.1) is 0 Å². The highest BCUT2D eigenvalue weighted by molar-refractivity contribution is 5.92. The number of nitrogens with zero attached hydrogens (tertiary/aromatic N) is 3. The fourth-order valence-corrected chi connectivity index (χ4v) is 2.97. The monoisotopic (exact) mass is 328 g/mol. The first kappa shape index (κ1) is 16.6. The number of pyridine rings is 1. The molecule has 1 saturated heterocycles. The fourth-order valence-electron chi connectivity index (χ4n) is 2.97. The summed E-state index contributed by atoms with van der Waals surface area (Å²) in [5.41, 5.74) is 2.33. The largest absolute Gasteiger partial charge is 0.376 e. The van der Waals surface area contributed by atoms with Crippen molar-refractivity contribution in [3.05, 3.63) is 47.5 Å². The van der Waals surface area contributed by atoms with Crippen LogP contribution < -0.4 is 0 Å². The number of amides is 1. The van der Waals surface area contributed by atoms with Crippen LogP contribution in [0.1, 0.15) is 48.1 Å². The Kier molecular flexibility index (Phi) is 5.59. The number of aryl methyl sites for hydroxylation is 1. The molecule has 3 heterocycles. The molecule has 2 aromatic rings. The van der Waals surface area contributed by atoms with E-state index < -0.39 is 0 Å². The van der Waals surface area contributed by atoms with Gasteiger partial charge in [0.2, 0.25) is 0 Å². The van der Waals surface area contributed by atoms with Gasteiger partial charge in [-0.05, 0) is 37.5 Å². The highest BCUT2D eigenvalue weighted by Gasteiger charge is 2.25. The number of carbonyl (C=O) groups is 1. The Labute approximate surface area is 142 Å². The maximum Gasteiger partial charge on any atom is 0.274 e. The van der Waals surface area contributed by atoms with Crippen LogP contribution in [0.4, 0.5) is 0 Å². The van der Waals surface area contributed by atoms with Gasteiger partial charge in [-0.1, -0.05) is 19.4 Å². The van der Waals surface area contributed by atoms with Crippen molar-refractivity contribution in [1.82, 2.24) is 20.1 Å². The highest BCUT2D eigenvalue weighted by atomic mass is 16.5. The molecule has 0 spiro atoms. The van der Waals surface area contributed by atoms with Crippen LogP contribution in [-0.2, 0) is 17.7 Å². The number of aromatic nitrogens is 3. The lowest BCUT2D eigenvalue weighted by atomic mass is 10.2. The van der Waals surface area contributed by atoms with Gasteiger partial charge in [-0.25, -0.2) is 0 Å². The Bertz CT molecular complexity index is 650. The van der Waals surface area contributed by atoms with Crippen molar-refractivity contribution < 1.29 is 9.53 Å². The zero-order chi connectivity index (χ0) is 16.8. The molecule has 0 radical (unpaired) electrons. The molecular weight excluding hydrogens is 304 g/mol. The van der Waals surface area contributed by atoms with Gasteiger partial charge in [0.25, 0.3) is 5.91 Å². The van der Waals surface area contributed by atoms with Crippen LogP contribution in [0.5, 0.6) is 0 Å². The van der Waals surface area contributed by atoms with E-state index in [1.807, 2.05) is 24.3 Å². The van der Waals surface area contributed by atoms with E-state index >= 15 is 0 Å². The summed E-state index contributed by atoms with van der Waals surface area (Å²) in [6, 6.07) is 7.60. The molecule has 128 valence electrons. The topological polar surface area (TPSA) is 71.1 Å². The van der Waals surface area contributed by atoms with Crippen molar-refractivity contribution in [3.63, 3.8) is 0 Å². The number of ether oxygens (including phenoxy) is 1. The minimum absolute atomic E-state index is 0.0743. The molecule has 0 bridgehead atoms. The van der Waals surface area contributed by atoms with Gasteiger partial charge in [0, 0.05) is 25.0 Å². The molecule has 3 rings (SSSR count). The van der Waals surface area contributed by atoms with Crippen molar-refractivity contribution in [2.24, 2.45) is 0 Å². The van der Waals surface area contributed by atoms with Gasteiger partial charge in [0.1, 0.15) is 5.69 Å². The second kappa shape index (κ2) is 8.06. The first-order chi connectivity index (χ1) is 11.8. The smallest absolute Gasteiger partial charge is 0.274 e. The predicted molar refractivity (Wildman–Crippen MR) is 90.5 cm³/mol. The van der Waals surface area contributed by atoms with Crippen molar-refractivity contribution >= 4 is 5.91 Å². The van der Waals surface area contributed by atoms with Crippen LogP contribution in [-0.4, -0.2) is 45.2 Å². The third-order valence-electron chi connectivity index (χ3n) is 4.18. The predicted octanol–water partition coefficient (Wildman–Crippen LogP) is 2.58. The lowest BCUT2D eigenvalue weighted by molar-refractivity contribution is 0.0500. The van der Waals surface area contributed by atoms with Crippen molar-refractivity contribution in [1.29, 1.82) is 0 Å². The maximum atomic E-state index is 12.9. The Balaban J connectivity index is 1.75. The molecular formula is C18H24N4O2. The lowest BCUT2D eigenvalue weighted by Gasteiger charge is -2.24. The summed E-state index contributed by atoms with van der Waals surface area (Å²) in [6.07, 6.45) is 5.81. The number of nitrogens with one attached hydrogen (secondary N) is 1. The van der Waals surface area contributed by atoms with Crippen LogP contribution >= 0.6 is 0 Å². The SMILES string of the molecule is CCCc1cc(C(=O)N(Cc2ccccn2)C[C@H]2CCCO2)n[nH]1. The van der Waals surface area contributed by atoms with Crippen molar-refractivity contribution in [2.75, 3.05) is 13.2 Å². The number of H-pyrrole nitrogens is 1. The van der Waals surface area contributed by atoms with Crippen LogP contribution in [0.25, 0.3) is 0 Å². The van der Waals surface area contributed by atoms with Gasteiger partial charge in [-0.2, -0.15) is 5.10 Å². The summed E-state index contributed by atoms with van der Waals surface area (Å²) in [5.74, 6) is -0.0743. The average Bonchev–Trinajstić information content (AvgIpc) is 3.27. The molecule has 6 nitrogen and oxygen atoms in total. The minimum atomic E-state index is -0.0743. The van der Waals surface area contributed by atoms with E-state index in [-0.39, 0.29) is 12.0 Å². The van der Waals surface area contributed by atoms with E-state index in [0.717, 1.165) is 43.7 Å². The summed E-state index contributed by atoms with van der Waals surface area (Å²) in [5, 5.41) is 7.15. The van der Waals surface area contributed by atoms with E-state index in [2.05, 4.69) is 22.1 Å². The second-order valence-electron chi connectivity index (χ2n) is 6.17. The number of carbonyl (C=O) groups excluding carboxylic acids is 1. The Morgan fingerprint density at radius 2 is 2.38 bits per heavy atom. The molecule has 1 N–H and O–H groups in total. The number of rotatable bonds is 7. The zero-order valence-corrected chi connectivity index (χ0v) is 14.1. The van der Waals surface area contributed by atoms with E-state index in [1.165, 1.54) is 0 Å². The van der Waals surface area contributed by atoms with Gasteiger partial charge < -0.3 is 9.64 Å². The number of hydrogen-bond donors (Lipinski definition) is 1.